The van der Waals surface area contributed by atoms with Gasteiger partial charge >= 0.3 is 0 Å². The number of rotatable bonds is 8. The maximum atomic E-state index is 11.6. The number of hydrogen-bond acceptors (Lipinski definition) is 4. The van der Waals surface area contributed by atoms with Crippen molar-refractivity contribution in [1.82, 2.24) is 4.90 Å². The number of thiophene rings is 1. The maximum absolute atomic E-state index is 11.6. The Hall–Kier alpha value is -1.36. The predicted octanol–water partition coefficient (Wildman–Crippen LogP) is 5.02. The third-order valence-electron chi connectivity index (χ3n) is 3.62. The van der Waals surface area contributed by atoms with Gasteiger partial charge in [-0.15, -0.1) is 11.3 Å². The zero-order valence-electron chi connectivity index (χ0n) is 13.8. The Kier molecular flexibility index (Phi) is 6.63. The molecule has 0 radical (unpaired) electrons. The van der Waals surface area contributed by atoms with Gasteiger partial charge in [0.25, 0.3) is 0 Å². The van der Waals surface area contributed by atoms with Crippen LogP contribution in [0.5, 0.6) is 5.75 Å². The summed E-state index contributed by atoms with van der Waals surface area (Å²) in [5.41, 5.74) is 1.77. The lowest BCUT2D eigenvalue weighted by Gasteiger charge is -2.21. The van der Waals surface area contributed by atoms with Crippen molar-refractivity contribution < 1.29 is 9.53 Å². The first-order valence-electron chi connectivity index (χ1n) is 7.76. The van der Waals surface area contributed by atoms with Gasteiger partial charge in [0.2, 0.25) is 0 Å². The number of benzene rings is 1. The van der Waals surface area contributed by atoms with Gasteiger partial charge in [-0.3, -0.25) is 9.69 Å². The Morgan fingerprint density at radius 3 is 2.57 bits per heavy atom. The van der Waals surface area contributed by atoms with Gasteiger partial charge in [-0.2, -0.15) is 0 Å². The first-order chi connectivity index (χ1) is 11.0. The van der Waals surface area contributed by atoms with Gasteiger partial charge in [0, 0.05) is 29.1 Å². The topological polar surface area (TPSA) is 29.5 Å². The lowest BCUT2D eigenvalue weighted by molar-refractivity contribution is 0.101. The first kappa shape index (κ1) is 18.0. The quantitative estimate of drug-likeness (QED) is 0.625. The van der Waals surface area contributed by atoms with Gasteiger partial charge < -0.3 is 4.74 Å². The van der Waals surface area contributed by atoms with Crippen molar-refractivity contribution in [2.24, 2.45) is 0 Å². The summed E-state index contributed by atoms with van der Waals surface area (Å²) in [5, 5.41) is 0. The van der Waals surface area contributed by atoms with Gasteiger partial charge in [-0.05, 0) is 50.7 Å². The number of hydrogen-bond donors (Lipinski definition) is 0. The number of carbonyl (C=O) groups is 1. The van der Waals surface area contributed by atoms with E-state index in [1.807, 2.05) is 31.2 Å². The van der Waals surface area contributed by atoms with Crippen LogP contribution in [0.4, 0.5) is 0 Å². The van der Waals surface area contributed by atoms with Crippen molar-refractivity contribution in [3.05, 3.63) is 50.7 Å². The molecule has 1 aromatic carbocycles. The minimum Gasteiger partial charge on any atom is -0.494 e. The highest BCUT2D eigenvalue weighted by molar-refractivity contribution is 7.16. The monoisotopic (exact) mass is 351 g/mol. The van der Waals surface area contributed by atoms with E-state index in [0.29, 0.717) is 6.61 Å². The molecule has 1 heterocycles. The van der Waals surface area contributed by atoms with Crippen LogP contribution in [0, 0.1) is 0 Å². The Morgan fingerprint density at radius 1 is 1.22 bits per heavy atom. The molecule has 1 aromatic heterocycles. The van der Waals surface area contributed by atoms with Crippen LogP contribution in [0.25, 0.3) is 0 Å². The third kappa shape index (κ3) is 5.06. The van der Waals surface area contributed by atoms with E-state index in [0.717, 1.165) is 40.8 Å². The number of carbonyl (C=O) groups excluding carboxylic acids is 1. The van der Waals surface area contributed by atoms with Crippen molar-refractivity contribution in [1.29, 1.82) is 0 Å². The fourth-order valence-corrected chi connectivity index (χ4v) is 3.53. The molecule has 0 aliphatic heterocycles. The maximum Gasteiger partial charge on any atom is 0.159 e. The largest absolute Gasteiger partial charge is 0.494 e. The number of Topliss-reactive ketones (excluding diaryl/α,β-unsaturated/α-hetero) is 1. The van der Waals surface area contributed by atoms with E-state index >= 15 is 0 Å². The van der Waals surface area contributed by atoms with Crippen molar-refractivity contribution in [2.75, 3.05) is 13.2 Å². The molecule has 23 heavy (non-hydrogen) atoms. The standard InChI is InChI=1S/C18H22ClNO2S/c1-4-20(12-16-7-9-18(19)23-16)11-15-10-14(13(3)21)6-8-17(15)22-5-2/h6-10H,4-5,11-12H2,1-3H3. The van der Waals surface area contributed by atoms with Gasteiger partial charge in [-0.25, -0.2) is 0 Å². The second kappa shape index (κ2) is 8.48. The third-order valence-corrected chi connectivity index (χ3v) is 4.83. The molecule has 0 amide bonds. The fourth-order valence-electron chi connectivity index (χ4n) is 2.40. The van der Waals surface area contributed by atoms with E-state index in [2.05, 4.69) is 17.9 Å². The van der Waals surface area contributed by atoms with Gasteiger partial charge in [0.15, 0.2) is 5.78 Å². The van der Waals surface area contributed by atoms with Crippen molar-refractivity contribution >= 4 is 28.7 Å². The molecule has 5 heteroatoms. The molecule has 2 rings (SSSR count). The summed E-state index contributed by atoms with van der Waals surface area (Å²) in [5.74, 6) is 0.919. The Morgan fingerprint density at radius 2 is 2.00 bits per heavy atom. The van der Waals surface area contributed by atoms with Crippen molar-refractivity contribution in [3.63, 3.8) is 0 Å². The normalized spacial score (nSPS) is 11.0. The highest BCUT2D eigenvalue weighted by Gasteiger charge is 2.13. The lowest BCUT2D eigenvalue weighted by atomic mass is 10.1. The molecule has 0 bridgehead atoms. The van der Waals surface area contributed by atoms with E-state index in [1.165, 1.54) is 4.88 Å². The van der Waals surface area contributed by atoms with Crippen molar-refractivity contribution in [2.45, 2.75) is 33.9 Å². The van der Waals surface area contributed by atoms with Gasteiger partial charge in [0.1, 0.15) is 5.75 Å². The van der Waals surface area contributed by atoms with Crippen LogP contribution in [0.2, 0.25) is 4.34 Å². The Labute approximate surface area is 146 Å². The molecule has 3 nitrogen and oxygen atoms in total. The zero-order chi connectivity index (χ0) is 16.8. The molecule has 124 valence electrons. The second-order valence-electron chi connectivity index (χ2n) is 5.32. The highest BCUT2D eigenvalue weighted by Crippen LogP contribution is 2.26. The molecule has 2 aromatic rings. The summed E-state index contributed by atoms with van der Waals surface area (Å²) in [6.45, 7) is 8.78. The van der Waals surface area contributed by atoms with Crippen LogP contribution >= 0.6 is 22.9 Å². The smallest absolute Gasteiger partial charge is 0.159 e. The molecule has 0 fully saturated rings. The SMILES string of the molecule is CCOc1ccc(C(C)=O)cc1CN(CC)Cc1ccc(Cl)s1. The summed E-state index contributed by atoms with van der Waals surface area (Å²) in [7, 11) is 0. The van der Waals surface area contributed by atoms with Crippen LogP contribution in [-0.2, 0) is 13.1 Å². The lowest BCUT2D eigenvalue weighted by Crippen LogP contribution is -2.22. The molecule has 0 spiro atoms. The van der Waals surface area contributed by atoms with E-state index in [4.69, 9.17) is 16.3 Å². The number of ether oxygens (including phenoxy) is 1. The van der Waals surface area contributed by atoms with Crippen molar-refractivity contribution in [3.8, 4) is 5.75 Å². The molecular formula is C18H22ClNO2S. The molecule has 0 atom stereocenters. The second-order valence-corrected chi connectivity index (χ2v) is 7.12. The molecule has 0 N–H and O–H groups in total. The van der Waals surface area contributed by atoms with E-state index in [-0.39, 0.29) is 5.78 Å². The molecule has 0 aliphatic rings. The van der Waals surface area contributed by atoms with Gasteiger partial charge in [0.05, 0.1) is 10.9 Å². The van der Waals surface area contributed by atoms with Crippen LogP contribution < -0.4 is 4.74 Å². The molecular weight excluding hydrogens is 330 g/mol. The summed E-state index contributed by atoms with van der Waals surface area (Å²) in [4.78, 5) is 15.2. The zero-order valence-corrected chi connectivity index (χ0v) is 15.3. The summed E-state index contributed by atoms with van der Waals surface area (Å²) >= 11 is 7.61. The van der Waals surface area contributed by atoms with Crippen LogP contribution in [0.3, 0.4) is 0 Å². The molecule has 0 aliphatic carbocycles. The Bertz CT molecular complexity index is 669. The van der Waals surface area contributed by atoms with E-state index in [1.54, 1.807) is 18.3 Å². The average Bonchev–Trinajstić information content (AvgIpc) is 2.93. The summed E-state index contributed by atoms with van der Waals surface area (Å²) < 4.78 is 6.52. The van der Waals surface area contributed by atoms with E-state index in [9.17, 15) is 4.79 Å². The van der Waals surface area contributed by atoms with Gasteiger partial charge in [-0.1, -0.05) is 18.5 Å². The average molecular weight is 352 g/mol. The molecule has 0 unspecified atom stereocenters. The molecule has 0 saturated carbocycles. The summed E-state index contributed by atoms with van der Waals surface area (Å²) in [6, 6.07) is 9.65. The van der Waals surface area contributed by atoms with Crippen LogP contribution in [0.15, 0.2) is 30.3 Å². The predicted molar refractivity (Wildman–Crippen MR) is 96.7 cm³/mol. The number of nitrogens with zero attached hydrogens (tertiary/aromatic N) is 1. The highest BCUT2D eigenvalue weighted by atomic mass is 35.5. The first-order valence-corrected chi connectivity index (χ1v) is 8.96. The fraction of sp³-hybridized carbons (Fsp3) is 0.389. The minimum absolute atomic E-state index is 0.0717. The van der Waals surface area contributed by atoms with E-state index < -0.39 is 0 Å². The van der Waals surface area contributed by atoms with Crippen LogP contribution in [-0.4, -0.2) is 23.8 Å². The Balaban J connectivity index is 2.20. The summed E-state index contributed by atoms with van der Waals surface area (Å²) in [6.07, 6.45) is 0. The minimum atomic E-state index is 0.0717. The number of ketones is 1. The number of halogens is 1. The molecule has 0 saturated heterocycles. The van der Waals surface area contributed by atoms with Crippen LogP contribution in [0.1, 0.15) is 41.6 Å².